The summed E-state index contributed by atoms with van der Waals surface area (Å²) in [5.74, 6) is 1.61. The maximum Gasteiger partial charge on any atom is 0.223 e. The third kappa shape index (κ3) is 4.07. The summed E-state index contributed by atoms with van der Waals surface area (Å²) in [6.45, 7) is 3.23. The van der Waals surface area contributed by atoms with Gasteiger partial charge in [0.2, 0.25) is 5.91 Å². The average molecular weight is 356 g/mol. The molecule has 2 aromatic rings. The molecule has 1 aliphatic heterocycles. The quantitative estimate of drug-likeness (QED) is 0.792. The summed E-state index contributed by atoms with van der Waals surface area (Å²) < 4.78 is 10.8. The van der Waals surface area contributed by atoms with Crippen molar-refractivity contribution in [3.8, 4) is 11.5 Å². The molecule has 1 aliphatic rings. The fourth-order valence-corrected chi connectivity index (χ4v) is 3.35. The molecule has 6 heteroatoms. The van der Waals surface area contributed by atoms with Crippen LogP contribution in [0, 0.1) is 0 Å². The normalized spacial score (nSPS) is 14.2. The molecular weight excluding hydrogens is 330 g/mol. The van der Waals surface area contributed by atoms with Crippen molar-refractivity contribution in [1.82, 2.24) is 4.90 Å². The number of aryl methyl sites for hydroxylation is 1. The average Bonchev–Trinajstić information content (AvgIpc) is 2.72. The molecule has 1 fully saturated rings. The van der Waals surface area contributed by atoms with E-state index in [4.69, 9.17) is 9.47 Å². The van der Waals surface area contributed by atoms with Crippen LogP contribution in [0.4, 0.5) is 5.69 Å². The summed E-state index contributed by atoms with van der Waals surface area (Å²) in [4.78, 5) is 19.9. The first kappa shape index (κ1) is 18.0. The Bertz CT molecular complexity index is 728. The number of amides is 1. The Labute approximate surface area is 154 Å². The van der Waals surface area contributed by atoms with E-state index >= 15 is 0 Å². The third-order valence-electron chi connectivity index (χ3n) is 4.79. The van der Waals surface area contributed by atoms with Crippen LogP contribution in [0.2, 0.25) is 0 Å². The first-order valence-electron chi connectivity index (χ1n) is 8.91. The van der Waals surface area contributed by atoms with Crippen LogP contribution in [0.5, 0.6) is 11.5 Å². The van der Waals surface area contributed by atoms with Crippen molar-refractivity contribution in [2.75, 3.05) is 45.3 Å². The lowest BCUT2D eigenvalue weighted by Crippen LogP contribution is -2.48. The summed E-state index contributed by atoms with van der Waals surface area (Å²) in [5.41, 5.74) is 2.19. The van der Waals surface area contributed by atoms with E-state index < -0.39 is 0 Å². The second-order valence-corrected chi connectivity index (χ2v) is 6.28. The molecule has 1 aromatic carbocycles. The fraction of sp³-hybridized carbons (Fsp3) is 0.400. The minimum atomic E-state index is 0.191. The van der Waals surface area contributed by atoms with E-state index in [1.807, 2.05) is 35.5 Å². The van der Waals surface area contributed by atoms with Gasteiger partial charge >= 0.3 is 0 Å². The van der Waals surface area contributed by atoms with Gasteiger partial charge in [0.25, 0.3) is 0 Å². The van der Waals surface area contributed by atoms with Gasteiger partial charge in [0, 0.05) is 50.4 Å². The van der Waals surface area contributed by atoms with Gasteiger partial charge in [0.1, 0.15) is 0 Å². The number of rotatable bonds is 6. The molecule has 1 N–H and O–H groups in total. The van der Waals surface area contributed by atoms with Gasteiger partial charge in [0.15, 0.2) is 23.9 Å². The van der Waals surface area contributed by atoms with Gasteiger partial charge in [-0.25, -0.2) is 4.98 Å². The number of methoxy groups -OCH3 is 2. The molecule has 3 rings (SSSR count). The minimum Gasteiger partial charge on any atom is -0.493 e. The molecule has 0 unspecified atom stereocenters. The van der Waals surface area contributed by atoms with Gasteiger partial charge in [-0.15, -0.1) is 0 Å². The Kier molecular flexibility index (Phi) is 5.94. The maximum absolute atomic E-state index is 12.6. The zero-order valence-corrected chi connectivity index (χ0v) is 15.4. The maximum atomic E-state index is 12.6. The summed E-state index contributed by atoms with van der Waals surface area (Å²) in [6, 6.07) is 9.90. The molecule has 1 amide bonds. The number of para-hydroxylation sites is 1. The topological polar surface area (TPSA) is 56.2 Å². The smallest absolute Gasteiger partial charge is 0.223 e. The number of carbonyl (C=O) groups excluding carboxylic acids is 1. The fourth-order valence-electron chi connectivity index (χ4n) is 3.35. The molecule has 6 nitrogen and oxygen atoms in total. The SMILES string of the molecule is COc1cccc(CCC(=O)N2CCN(c3cc[nH+]cc3)CC2)c1OC. The second-order valence-electron chi connectivity index (χ2n) is 6.28. The molecule has 2 heterocycles. The van der Waals surface area contributed by atoms with Crippen molar-refractivity contribution in [2.24, 2.45) is 0 Å². The summed E-state index contributed by atoms with van der Waals surface area (Å²) in [7, 11) is 3.25. The summed E-state index contributed by atoms with van der Waals surface area (Å²) in [6.07, 6.45) is 4.97. The number of anilines is 1. The van der Waals surface area contributed by atoms with Crippen LogP contribution < -0.4 is 19.4 Å². The highest BCUT2D eigenvalue weighted by atomic mass is 16.5. The van der Waals surface area contributed by atoms with Crippen LogP contribution in [0.15, 0.2) is 42.7 Å². The van der Waals surface area contributed by atoms with Gasteiger partial charge in [-0.05, 0) is 18.1 Å². The van der Waals surface area contributed by atoms with E-state index in [-0.39, 0.29) is 5.91 Å². The Hall–Kier alpha value is -2.76. The van der Waals surface area contributed by atoms with Crippen molar-refractivity contribution in [3.63, 3.8) is 0 Å². The van der Waals surface area contributed by atoms with E-state index in [2.05, 4.69) is 22.0 Å². The Morgan fingerprint density at radius 3 is 2.42 bits per heavy atom. The number of aromatic amines is 1. The number of benzene rings is 1. The van der Waals surface area contributed by atoms with Crippen LogP contribution in [-0.4, -0.2) is 51.2 Å². The lowest BCUT2D eigenvalue weighted by Gasteiger charge is -2.36. The van der Waals surface area contributed by atoms with E-state index in [0.717, 1.165) is 31.7 Å². The van der Waals surface area contributed by atoms with Gasteiger partial charge < -0.3 is 19.3 Å². The van der Waals surface area contributed by atoms with Gasteiger partial charge in [-0.2, -0.15) is 0 Å². The van der Waals surface area contributed by atoms with Crippen molar-refractivity contribution in [3.05, 3.63) is 48.3 Å². The van der Waals surface area contributed by atoms with Gasteiger partial charge in [0.05, 0.1) is 14.2 Å². The first-order valence-corrected chi connectivity index (χ1v) is 8.91. The lowest BCUT2D eigenvalue weighted by atomic mass is 10.1. The molecule has 0 aliphatic carbocycles. The number of H-pyrrole nitrogens is 1. The summed E-state index contributed by atoms with van der Waals surface area (Å²) >= 11 is 0. The number of nitrogens with one attached hydrogen (secondary N) is 1. The number of nitrogens with zero attached hydrogens (tertiary/aromatic N) is 2. The zero-order chi connectivity index (χ0) is 18.4. The highest BCUT2D eigenvalue weighted by Gasteiger charge is 2.22. The monoisotopic (exact) mass is 356 g/mol. The number of piperazine rings is 1. The molecular formula is C20H26N3O3+. The van der Waals surface area contributed by atoms with Crippen LogP contribution >= 0.6 is 0 Å². The highest BCUT2D eigenvalue weighted by molar-refractivity contribution is 5.77. The minimum absolute atomic E-state index is 0.191. The Morgan fingerprint density at radius 1 is 1.04 bits per heavy atom. The van der Waals surface area contributed by atoms with Crippen LogP contribution in [-0.2, 0) is 11.2 Å². The first-order chi connectivity index (χ1) is 12.7. The molecule has 0 saturated carbocycles. The molecule has 0 spiro atoms. The molecule has 0 atom stereocenters. The van der Waals surface area contributed by atoms with Crippen LogP contribution in [0.25, 0.3) is 0 Å². The largest absolute Gasteiger partial charge is 0.493 e. The second kappa shape index (κ2) is 8.56. The lowest BCUT2D eigenvalue weighted by molar-refractivity contribution is -0.377. The highest BCUT2D eigenvalue weighted by Crippen LogP contribution is 2.31. The van der Waals surface area contributed by atoms with Crippen molar-refractivity contribution < 1.29 is 19.3 Å². The van der Waals surface area contributed by atoms with Crippen molar-refractivity contribution in [2.45, 2.75) is 12.8 Å². The number of hydrogen-bond acceptors (Lipinski definition) is 4. The van der Waals surface area contributed by atoms with Crippen LogP contribution in [0.3, 0.4) is 0 Å². The molecule has 1 aromatic heterocycles. The van der Waals surface area contributed by atoms with Gasteiger partial charge in [-0.3, -0.25) is 4.79 Å². The zero-order valence-electron chi connectivity index (χ0n) is 15.4. The predicted octanol–water partition coefficient (Wildman–Crippen LogP) is 1.80. The summed E-state index contributed by atoms with van der Waals surface area (Å²) in [5, 5.41) is 0. The molecule has 0 radical (unpaired) electrons. The van der Waals surface area contributed by atoms with Gasteiger partial charge in [-0.1, -0.05) is 12.1 Å². The number of carbonyl (C=O) groups is 1. The molecule has 138 valence electrons. The third-order valence-corrected chi connectivity index (χ3v) is 4.79. The molecule has 0 bridgehead atoms. The molecule has 26 heavy (non-hydrogen) atoms. The van der Waals surface area contributed by atoms with E-state index in [9.17, 15) is 4.79 Å². The van der Waals surface area contributed by atoms with Crippen LogP contribution in [0.1, 0.15) is 12.0 Å². The van der Waals surface area contributed by atoms with E-state index in [1.165, 1.54) is 5.69 Å². The molecule has 1 saturated heterocycles. The Balaban J connectivity index is 1.54. The van der Waals surface area contributed by atoms with Crippen molar-refractivity contribution in [1.29, 1.82) is 0 Å². The van der Waals surface area contributed by atoms with E-state index in [1.54, 1.807) is 14.2 Å². The number of hydrogen-bond donors (Lipinski definition) is 0. The number of aromatic nitrogens is 1. The van der Waals surface area contributed by atoms with E-state index in [0.29, 0.717) is 24.3 Å². The predicted molar refractivity (Wildman–Crippen MR) is 99.7 cm³/mol. The number of ether oxygens (including phenoxy) is 2. The standard InChI is InChI=1S/C20H25N3O3/c1-25-18-5-3-4-16(20(18)26-2)6-7-19(24)23-14-12-22(13-15-23)17-8-10-21-11-9-17/h3-5,8-11H,6-7,12-15H2,1-2H3/p+1. The number of pyridine rings is 1. The Morgan fingerprint density at radius 2 is 1.77 bits per heavy atom. The van der Waals surface area contributed by atoms with Crippen molar-refractivity contribution >= 4 is 11.6 Å².